The zero-order valence-electron chi connectivity index (χ0n) is 22.0. The number of carbonyl (C=O) groups excluding carboxylic acids is 2. The zero-order valence-corrected chi connectivity index (χ0v) is 22.0. The fraction of sp³-hybridized carbons (Fsp3) is 0.500. The maximum Gasteiger partial charge on any atom is 0.349 e. The molecule has 1 heterocycles. The number of unbranched alkanes of at least 4 members (excludes halogenated alkanes) is 1. The molecule has 0 aromatic heterocycles. The van der Waals surface area contributed by atoms with Gasteiger partial charge in [0.2, 0.25) is 0 Å². The average molecular weight is 491 g/mol. The first-order chi connectivity index (χ1) is 17.3. The predicted molar refractivity (Wildman–Crippen MR) is 142 cm³/mol. The number of hydrogen-bond donors (Lipinski definition) is 0. The van der Waals surface area contributed by atoms with E-state index in [0.717, 1.165) is 67.5 Å². The van der Waals surface area contributed by atoms with E-state index in [-0.39, 0.29) is 11.9 Å². The second-order valence-electron chi connectivity index (χ2n) is 10.3. The van der Waals surface area contributed by atoms with Crippen molar-refractivity contribution >= 4 is 17.7 Å². The first-order valence-corrected chi connectivity index (χ1v) is 13.2. The highest BCUT2D eigenvalue weighted by Crippen LogP contribution is 2.40. The fourth-order valence-corrected chi connectivity index (χ4v) is 5.09. The minimum absolute atomic E-state index is 0.183. The van der Waals surface area contributed by atoms with E-state index in [9.17, 15) is 9.59 Å². The molecular formula is C30H38N2O4. The lowest BCUT2D eigenvalue weighted by atomic mass is 9.98. The van der Waals surface area contributed by atoms with Crippen molar-refractivity contribution in [1.29, 1.82) is 0 Å². The van der Waals surface area contributed by atoms with E-state index in [0.29, 0.717) is 18.9 Å². The molecule has 36 heavy (non-hydrogen) atoms. The van der Waals surface area contributed by atoms with Gasteiger partial charge in [-0.2, -0.15) is 0 Å². The summed E-state index contributed by atoms with van der Waals surface area (Å²) in [6.45, 7) is 8.22. The standard InChI is InChI=1S/C30H38N2O4/c1-5-7-13-26-31-30(18-8-9-19-30)27(33)32(26)21-22-11-10-12-24(20-22)23-14-16-25(17-15-23)36-29(3,4)28(34)35-6-2/h10-12,14-17,20H,5-9,13,18-19,21H2,1-4H3. The molecule has 1 fully saturated rings. The van der Waals surface area contributed by atoms with Gasteiger partial charge in [0, 0.05) is 6.42 Å². The van der Waals surface area contributed by atoms with E-state index in [4.69, 9.17) is 14.5 Å². The van der Waals surface area contributed by atoms with Gasteiger partial charge in [-0.05, 0) is 74.9 Å². The number of nitrogens with zero attached hydrogens (tertiary/aromatic N) is 2. The third-order valence-electron chi connectivity index (χ3n) is 7.08. The van der Waals surface area contributed by atoms with Gasteiger partial charge in [0.25, 0.3) is 5.91 Å². The van der Waals surface area contributed by atoms with E-state index < -0.39 is 11.1 Å². The molecule has 0 atom stereocenters. The van der Waals surface area contributed by atoms with Gasteiger partial charge in [-0.1, -0.05) is 56.5 Å². The van der Waals surface area contributed by atoms with Crippen LogP contribution in [-0.2, 0) is 20.9 Å². The number of amidine groups is 1. The normalized spacial score (nSPS) is 16.9. The summed E-state index contributed by atoms with van der Waals surface area (Å²) in [5.74, 6) is 1.36. The second-order valence-corrected chi connectivity index (χ2v) is 10.3. The van der Waals surface area contributed by atoms with Crippen LogP contribution in [0, 0.1) is 0 Å². The van der Waals surface area contributed by atoms with Gasteiger partial charge in [0.1, 0.15) is 17.1 Å². The van der Waals surface area contributed by atoms with Crippen LogP contribution in [0.5, 0.6) is 5.75 Å². The van der Waals surface area contributed by atoms with Gasteiger partial charge in [0.15, 0.2) is 5.60 Å². The summed E-state index contributed by atoms with van der Waals surface area (Å²) in [5, 5.41) is 0. The molecule has 1 saturated carbocycles. The van der Waals surface area contributed by atoms with Crippen LogP contribution in [0.15, 0.2) is 53.5 Å². The van der Waals surface area contributed by atoms with Crippen LogP contribution in [-0.4, -0.2) is 40.4 Å². The molecule has 0 N–H and O–H groups in total. The van der Waals surface area contributed by atoms with Crippen molar-refractivity contribution in [3.63, 3.8) is 0 Å². The molecule has 1 aliphatic heterocycles. The first kappa shape index (κ1) is 25.9. The van der Waals surface area contributed by atoms with E-state index in [1.807, 2.05) is 35.2 Å². The summed E-state index contributed by atoms with van der Waals surface area (Å²) in [4.78, 5) is 32.6. The van der Waals surface area contributed by atoms with Gasteiger partial charge in [-0.25, -0.2) is 4.79 Å². The van der Waals surface area contributed by atoms with Crippen molar-refractivity contribution in [2.45, 2.75) is 90.3 Å². The fourth-order valence-electron chi connectivity index (χ4n) is 5.09. The lowest BCUT2D eigenvalue weighted by molar-refractivity contribution is -0.158. The molecule has 6 heteroatoms. The number of benzene rings is 2. The zero-order chi connectivity index (χ0) is 25.8. The molecular weight excluding hydrogens is 452 g/mol. The summed E-state index contributed by atoms with van der Waals surface area (Å²) in [6, 6.07) is 16.0. The van der Waals surface area contributed by atoms with Crippen molar-refractivity contribution in [2.75, 3.05) is 6.61 Å². The summed E-state index contributed by atoms with van der Waals surface area (Å²) in [5.41, 5.74) is 1.63. The van der Waals surface area contributed by atoms with Crippen LogP contribution < -0.4 is 4.74 Å². The number of aliphatic imine (C=N–C) groups is 1. The molecule has 0 saturated heterocycles. The van der Waals surface area contributed by atoms with E-state index >= 15 is 0 Å². The molecule has 2 aromatic carbocycles. The third kappa shape index (κ3) is 5.48. The maximum absolute atomic E-state index is 13.5. The molecule has 2 aromatic rings. The summed E-state index contributed by atoms with van der Waals surface area (Å²) < 4.78 is 11.0. The monoisotopic (exact) mass is 490 g/mol. The highest BCUT2D eigenvalue weighted by Gasteiger charge is 2.49. The largest absolute Gasteiger partial charge is 0.476 e. The van der Waals surface area contributed by atoms with Crippen LogP contribution in [0.25, 0.3) is 11.1 Å². The molecule has 2 aliphatic rings. The van der Waals surface area contributed by atoms with Crippen LogP contribution >= 0.6 is 0 Å². The average Bonchev–Trinajstić information content (AvgIpc) is 3.44. The van der Waals surface area contributed by atoms with Crippen LogP contribution in [0.3, 0.4) is 0 Å². The quantitative estimate of drug-likeness (QED) is 0.366. The second kappa shape index (κ2) is 10.9. The summed E-state index contributed by atoms with van der Waals surface area (Å²) in [6.07, 6.45) is 6.89. The van der Waals surface area contributed by atoms with Crippen molar-refractivity contribution in [2.24, 2.45) is 4.99 Å². The highest BCUT2D eigenvalue weighted by atomic mass is 16.6. The lowest BCUT2D eigenvalue weighted by Crippen LogP contribution is -2.40. The Morgan fingerprint density at radius 3 is 2.44 bits per heavy atom. The Hall–Kier alpha value is -3.15. The topological polar surface area (TPSA) is 68.2 Å². The van der Waals surface area contributed by atoms with Gasteiger partial charge in [-0.3, -0.25) is 14.7 Å². The minimum atomic E-state index is -1.06. The van der Waals surface area contributed by atoms with Gasteiger partial charge < -0.3 is 9.47 Å². The van der Waals surface area contributed by atoms with Crippen molar-refractivity contribution in [1.82, 2.24) is 4.90 Å². The Bertz CT molecular complexity index is 1110. The molecule has 1 aliphatic carbocycles. The Labute approximate surface area is 214 Å². The molecule has 4 rings (SSSR count). The Morgan fingerprint density at radius 1 is 1.06 bits per heavy atom. The summed E-state index contributed by atoms with van der Waals surface area (Å²) in [7, 11) is 0. The van der Waals surface area contributed by atoms with Gasteiger partial charge in [-0.15, -0.1) is 0 Å². The molecule has 0 bridgehead atoms. The lowest BCUT2D eigenvalue weighted by Gasteiger charge is -2.24. The van der Waals surface area contributed by atoms with Gasteiger partial charge in [0.05, 0.1) is 13.2 Å². The number of esters is 1. The van der Waals surface area contributed by atoms with Crippen LogP contribution in [0.2, 0.25) is 0 Å². The third-order valence-corrected chi connectivity index (χ3v) is 7.08. The van der Waals surface area contributed by atoms with Crippen LogP contribution in [0.4, 0.5) is 0 Å². The number of rotatable bonds is 10. The SMILES string of the molecule is CCCCC1=NC2(CCCC2)C(=O)N1Cc1cccc(-c2ccc(OC(C)(C)C(=O)OCC)cc2)c1. The number of amides is 1. The molecule has 1 spiro atoms. The van der Waals surface area contributed by atoms with Crippen molar-refractivity contribution < 1.29 is 19.1 Å². The number of carbonyl (C=O) groups is 2. The smallest absolute Gasteiger partial charge is 0.349 e. The molecule has 192 valence electrons. The molecule has 6 nitrogen and oxygen atoms in total. The first-order valence-electron chi connectivity index (χ1n) is 13.2. The molecule has 0 radical (unpaired) electrons. The van der Waals surface area contributed by atoms with Crippen molar-refractivity contribution in [3.8, 4) is 16.9 Å². The highest BCUT2D eigenvalue weighted by molar-refractivity contribution is 6.08. The van der Waals surface area contributed by atoms with Gasteiger partial charge >= 0.3 is 5.97 Å². The van der Waals surface area contributed by atoms with Crippen LogP contribution in [0.1, 0.15) is 78.2 Å². The number of hydrogen-bond acceptors (Lipinski definition) is 5. The van der Waals surface area contributed by atoms with E-state index in [1.54, 1.807) is 20.8 Å². The number of ether oxygens (including phenoxy) is 2. The molecule has 0 unspecified atom stereocenters. The van der Waals surface area contributed by atoms with Crippen molar-refractivity contribution in [3.05, 3.63) is 54.1 Å². The molecule has 1 amide bonds. The Morgan fingerprint density at radius 2 is 1.78 bits per heavy atom. The Balaban J connectivity index is 1.49. The van der Waals surface area contributed by atoms with E-state index in [1.165, 1.54) is 0 Å². The minimum Gasteiger partial charge on any atom is -0.476 e. The summed E-state index contributed by atoms with van der Waals surface area (Å²) >= 11 is 0. The van der Waals surface area contributed by atoms with E-state index in [2.05, 4.69) is 25.1 Å². The maximum atomic E-state index is 13.5. The predicted octanol–water partition coefficient (Wildman–Crippen LogP) is 6.32. The Kier molecular flexibility index (Phi) is 7.82.